The molecule has 2 aliphatic rings. The molecule has 0 aromatic heterocycles. The highest BCUT2D eigenvalue weighted by atomic mass is 35.5. The van der Waals surface area contributed by atoms with E-state index in [1.807, 2.05) is 104 Å². The highest BCUT2D eigenvalue weighted by Crippen LogP contribution is 2.45. The predicted molar refractivity (Wildman–Crippen MR) is 172 cm³/mol. The van der Waals surface area contributed by atoms with Crippen LogP contribution in [0.3, 0.4) is 0 Å². The van der Waals surface area contributed by atoms with E-state index in [9.17, 15) is 5.11 Å². The van der Waals surface area contributed by atoms with Gasteiger partial charge in [0.1, 0.15) is 19.3 Å². The van der Waals surface area contributed by atoms with Gasteiger partial charge in [0, 0.05) is 23.6 Å². The zero-order valence-electron chi connectivity index (χ0n) is 25.6. The fraction of sp³-hybridized carbons (Fsp3) is 0.351. The molecule has 1 saturated heterocycles. The van der Waals surface area contributed by atoms with Crippen molar-refractivity contribution in [2.45, 2.75) is 50.7 Å². The molecule has 236 valence electrons. The molecule has 45 heavy (non-hydrogen) atoms. The van der Waals surface area contributed by atoms with Crippen LogP contribution in [0.15, 0.2) is 97.1 Å². The number of benzene rings is 4. The molecule has 0 spiro atoms. The van der Waals surface area contributed by atoms with Crippen molar-refractivity contribution in [2.75, 3.05) is 26.9 Å². The third-order valence-corrected chi connectivity index (χ3v) is 8.96. The number of halogens is 1. The summed E-state index contributed by atoms with van der Waals surface area (Å²) < 4.78 is 37.9. The zero-order valence-corrected chi connectivity index (χ0v) is 26.3. The van der Waals surface area contributed by atoms with Crippen molar-refractivity contribution < 1.29 is 33.5 Å². The Hall–Kier alpha value is -3.43. The van der Waals surface area contributed by atoms with Crippen LogP contribution in [-0.2, 0) is 44.4 Å². The Morgan fingerprint density at radius 3 is 2.13 bits per heavy atom. The van der Waals surface area contributed by atoms with Crippen molar-refractivity contribution in [2.24, 2.45) is 5.92 Å². The van der Waals surface area contributed by atoms with Crippen LogP contribution >= 0.6 is 11.6 Å². The van der Waals surface area contributed by atoms with Gasteiger partial charge in [0.05, 0.1) is 32.0 Å². The minimum atomic E-state index is -1.40. The van der Waals surface area contributed by atoms with Gasteiger partial charge in [0.2, 0.25) is 5.79 Å². The van der Waals surface area contributed by atoms with Crippen molar-refractivity contribution in [3.05, 3.63) is 130 Å². The van der Waals surface area contributed by atoms with Gasteiger partial charge in [-0.25, -0.2) is 0 Å². The molecular formula is C37H39ClO7. The van der Waals surface area contributed by atoms with Crippen LogP contribution in [-0.4, -0.2) is 50.3 Å². The van der Waals surface area contributed by atoms with E-state index in [1.54, 1.807) is 7.11 Å². The number of aliphatic hydroxyl groups is 1. The minimum Gasteiger partial charge on any atom is -0.486 e. The van der Waals surface area contributed by atoms with Gasteiger partial charge < -0.3 is 33.5 Å². The van der Waals surface area contributed by atoms with Gasteiger partial charge >= 0.3 is 0 Å². The van der Waals surface area contributed by atoms with E-state index in [4.69, 9.17) is 40.0 Å². The molecule has 2 heterocycles. The van der Waals surface area contributed by atoms with Crippen molar-refractivity contribution >= 4 is 11.6 Å². The minimum absolute atomic E-state index is 0.202. The average Bonchev–Trinajstić information content (AvgIpc) is 3.09. The van der Waals surface area contributed by atoms with Gasteiger partial charge in [-0.15, -0.1) is 0 Å². The highest BCUT2D eigenvalue weighted by Gasteiger charge is 2.56. The normalized spacial score (nSPS) is 24.4. The van der Waals surface area contributed by atoms with Gasteiger partial charge in [0.15, 0.2) is 11.5 Å². The lowest BCUT2D eigenvalue weighted by molar-refractivity contribution is -0.372. The van der Waals surface area contributed by atoms with Crippen LogP contribution in [0.2, 0.25) is 5.02 Å². The number of rotatable bonds is 11. The smallest absolute Gasteiger partial charge is 0.224 e. The van der Waals surface area contributed by atoms with Gasteiger partial charge in [-0.05, 0) is 52.9 Å². The third-order valence-electron chi connectivity index (χ3n) is 8.59. The van der Waals surface area contributed by atoms with E-state index in [1.165, 1.54) is 0 Å². The molecule has 6 rings (SSSR count). The van der Waals surface area contributed by atoms with E-state index in [2.05, 4.69) is 0 Å². The molecule has 7 nitrogen and oxygen atoms in total. The van der Waals surface area contributed by atoms with Crippen LogP contribution < -0.4 is 9.47 Å². The molecule has 5 atom stereocenters. The first kappa shape index (κ1) is 31.5. The molecule has 2 aliphatic heterocycles. The summed E-state index contributed by atoms with van der Waals surface area (Å²) in [5.41, 5.74) is 4.68. The van der Waals surface area contributed by atoms with Gasteiger partial charge in [-0.3, -0.25) is 0 Å². The molecular weight excluding hydrogens is 592 g/mol. The Balaban J connectivity index is 1.37. The number of aliphatic hydroxyl groups excluding tert-OH is 1. The SMILES string of the molecule is COC1(c2ccc(Cl)c(Cc3ccc4c(c3)OCCO4)c2)O[C@H](CO)[C@@H](C)[C@H](OCc2ccccc2)[C@H]1OCc1ccccc1. The molecule has 4 aromatic rings. The first-order valence-electron chi connectivity index (χ1n) is 15.3. The molecule has 1 fully saturated rings. The summed E-state index contributed by atoms with van der Waals surface area (Å²) >= 11 is 6.79. The van der Waals surface area contributed by atoms with Crippen molar-refractivity contribution in [1.29, 1.82) is 0 Å². The predicted octanol–water partition coefficient (Wildman–Crippen LogP) is 6.70. The third kappa shape index (κ3) is 6.89. The van der Waals surface area contributed by atoms with Gasteiger partial charge in [0.25, 0.3) is 0 Å². The topological polar surface area (TPSA) is 75.6 Å². The van der Waals surface area contributed by atoms with Crippen LogP contribution in [0, 0.1) is 5.92 Å². The zero-order chi connectivity index (χ0) is 31.2. The molecule has 0 saturated carbocycles. The number of methoxy groups -OCH3 is 1. The summed E-state index contributed by atoms with van der Waals surface area (Å²) in [6.45, 7) is 3.55. The largest absolute Gasteiger partial charge is 0.486 e. The molecule has 0 amide bonds. The summed E-state index contributed by atoms with van der Waals surface area (Å²) in [5.74, 6) is -0.139. The van der Waals surface area contributed by atoms with Crippen LogP contribution in [0.25, 0.3) is 0 Å². The Kier molecular flexibility index (Phi) is 10.0. The number of hydrogen-bond acceptors (Lipinski definition) is 7. The van der Waals surface area contributed by atoms with E-state index in [0.29, 0.717) is 37.9 Å². The molecule has 1 unspecified atom stereocenters. The van der Waals surface area contributed by atoms with E-state index < -0.39 is 24.1 Å². The first-order valence-corrected chi connectivity index (χ1v) is 15.7. The standard InChI is InChI=1S/C37H39ClO7/c1-25-34(22-39)45-37(40-2,30-14-15-31(38)29(21-30)19-28-13-16-32-33(20-28)42-18-17-41-32)36(44-24-27-11-7-4-8-12-27)35(25)43-23-26-9-5-3-6-10-26/h3-16,20-21,25,34-36,39H,17-19,22-24H2,1-2H3/t25-,34-,35+,36-,37?/m1/s1. The number of ether oxygens (including phenoxy) is 6. The molecule has 0 aliphatic carbocycles. The number of fused-ring (bicyclic) bond motifs is 1. The second-order valence-electron chi connectivity index (χ2n) is 11.5. The maximum absolute atomic E-state index is 10.5. The summed E-state index contributed by atoms with van der Waals surface area (Å²) in [6.07, 6.45) is -1.18. The molecule has 1 N–H and O–H groups in total. The maximum atomic E-state index is 10.5. The van der Waals surface area contributed by atoms with Crippen molar-refractivity contribution in [3.63, 3.8) is 0 Å². The van der Waals surface area contributed by atoms with Crippen LogP contribution in [0.4, 0.5) is 0 Å². The second-order valence-corrected chi connectivity index (χ2v) is 11.9. The van der Waals surface area contributed by atoms with Gasteiger partial charge in [-0.2, -0.15) is 0 Å². The fourth-order valence-electron chi connectivity index (χ4n) is 6.14. The summed E-state index contributed by atoms with van der Waals surface area (Å²) in [7, 11) is 1.60. The Labute approximate surface area is 269 Å². The lowest BCUT2D eigenvalue weighted by atomic mass is 9.82. The first-order chi connectivity index (χ1) is 22.0. The lowest BCUT2D eigenvalue weighted by Crippen LogP contribution is -2.62. The van der Waals surface area contributed by atoms with Crippen LogP contribution in [0.5, 0.6) is 11.5 Å². The second kappa shape index (κ2) is 14.3. The fourth-order valence-corrected chi connectivity index (χ4v) is 6.32. The molecule has 8 heteroatoms. The molecule has 0 radical (unpaired) electrons. The summed E-state index contributed by atoms with van der Waals surface area (Å²) in [4.78, 5) is 0. The molecule has 4 aromatic carbocycles. The Morgan fingerprint density at radius 2 is 1.47 bits per heavy atom. The quantitative estimate of drug-likeness (QED) is 0.198. The highest BCUT2D eigenvalue weighted by molar-refractivity contribution is 6.31. The van der Waals surface area contributed by atoms with Crippen LogP contribution in [0.1, 0.15) is 34.7 Å². The van der Waals surface area contributed by atoms with E-state index in [0.717, 1.165) is 39.3 Å². The van der Waals surface area contributed by atoms with E-state index in [-0.39, 0.29) is 12.5 Å². The monoisotopic (exact) mass is 630 g/mol. The maximum Gasteiger partial charge on any atom is 0.224 e. The number of hydrogen-bond donors (Lipinski definition) is 1. The van der Waals surface area contributed by atoms with Crippen molar-refractivity contribution in [1.82, 2.24) is 0 Å². The van der Waals surface area contributed by atoms with Gasteiger partial charge in [-0.1, -0.05) is 91.3 Å². The summed E-state index contributed by atoms with van der Waals surface area (Å²) in [5, 5.41) is 11.1. The summed E-state index contributed by atoms with van der Waals surface area (Å²) in [6, 6.07) is 31.7. The van der Waals surface area contributed by atoms with Crippen molar-refractivity contribution in [3.8, 4) is 11.5 Å². The molecule has 0 bridgehead atoms. The average molecular weight is 631 g/mol. The Bertz CT molecular complexity index is 1550. The Morgan fingerprint density at radius 1 is 0.800 bits per heavy atom. The van der Waals surface area contributed by atoms with E-state index >= 15 is 0 Å². The lowest BCUT2D eigenvalue weighted by Gasteiger charge is -2.51.